The molecule has 1 rings (SSSR count). The Kier molecular flexibility index (Phi) is 5.47. The molecule has 0 amide bonds. The van der Waals surface area contributed by atoms with Crippen molar-refractivity contribution in [2.24, 2.45) is 0 Å². The molecule has 18 heavy (non-hydrogen) atoms. The zero-order valence-corrected chi connectivity index (χ0v) is 11.7. The lowest BCUT2D eigenvalue weighted by atomic mass is 10.2. The summed E-state index contributed by atoms with van der Waals surface area (Å²) in [5, 5.41) is 0. The van der Waals surface area contributed by atoms with E-state index in [1.54, 1.807) is 18.2 Å². The van der Waals surface area contributed by atoms with Crippen molar-refractivity contribution in [3.8, 4) is 0 Å². The Morgan fingerprint density at radius 2 is 2.00 bits per heavy atom. The molecular formula is C12H16BrF3N2. The third-order valence-electron chi connectivity index (χ3n) is 2.41. The van der Waals surface area contributed by atoms with Gasteiger partial charge in [-0.15, -0.1) is 0 Å². The molecule has 0 heterocycles. The van der Waals surface area contributed by atoms with Gasteiger partial charge in [-0.3, -0.25) is 4.90 Å². The summed E-state index contributed by atoms with van der Waals surface area (Å²) in [6, 6.07) is 5.16. The summed E-state index contributed by atoms with van der Waals surface area (Å²) >= 11 is 3.33. The van der Waals surface area contributed by atoms with Gasteiger partial charge in [0.2, 0.25) is 0 Å². The van der Waals surface area contributed by atoms with Gasteiger partial charge in [-0.2, -0.15) is 13.2 Å². The third-order valence-corrected chi connectivity index (χ3v) is 3.18. The molecule has 1 aromatic carbocycles. The van der Waals surface area contributed by atoms with Crippen LogP contribution in [-0.4, -0.2) is 24.2 Å². The predicted octanol–water partition coefficient (Wildman–Crippen LogP) is 3.81. The molecule has 1 aromatic rings. The smallest absolute Gasteiger partial charge is 0.399 e. The van der Waals surface area contributed by atoms with E-state index < -0.39 is 12.7 Å². The highest BCUT2D eigenvalue weighted by Gasteiger charge is 2.30. The van der Waals surface area contributed by atoms with E-state index in [4.69, 9.17) is 5.73 Å². The van der Waals surface area contributed by atoms with Crippen LogP contribution in [0.4, 0.5) is 18.9 Å². The Labute approximate surface area is 113 Å². The first-order valence-corrected chi connectivity index (χ1v) is 6.44. The molecule has 0 radical (unpaired) electrons. The van der Waals surface area contributed by atoms with Crippen molar-refractivity contribution >= 4 is 21.6 Å². The number of alkyl halides is 3. The standard InChI is InChI=1S/C12H16BrF3N2/c1-2-5-18(8-12(14,15)16)7-9-6-10(17)3-4-11(9)13/h3-4,6H,2,5,7-8,17H2,1H3. The molecular weight excluding hydrogens is 309 g/mol. The second kappa shape index (κ2) is 6.43. The largest absolute Gasteiger partial charge is 0.401 e. The van der Waals surface area contributed by atoms with Gasteiger partial charge in [0.25, 0.3) is 0 Å². The van der Waals surface area contributed by atoms with Crippen molar-refractivity contribution in [2.75, 3.05) is 18.8 Å². The van der Waals surface area contributed by atoms with E-state index in [9.17, 15) is 13.2 Å². The highest BCUT2D eigenvalue weighted by atomic mass is 79.9. The molecule has 0 aliphatic heterocycles. The van der Waals surface area contributed by atoms with Gasteiger partial charge in [-0.1, -0.05) is 22.9 Å². The molecule has 0 aromatic heterocycles. The average Bonchev–Trinajstić information content (AvgIpc) is 2.21. The van der Waals surface area contributed by atoms with Crippen LogP contribution in [-0.2, 0) is 6.54 Å². The Morgan fingerprint density at radius 1 is 1.33 bits per heavy atom. The molecule has 0 saturated carbocycles. The number of hydrogen-bond acceptors (Lipinski definition) is 2. The maximum atomic E-state index is 12.4. The van der Waals surface area contributed by atoms with Crippen LogP contribution in [0, 0.1) is 0 Å². The van der Waals surface area contributed by atoms with Gasteiger partial charge in [0.15, 0.2) is 0 Å². The lowest BCUT2D eigenvalue weighted by Crippen LogP contribution is -2.34. The quantitative estimate of drug-likeness (QED) is 0.834. The number of benzene rings is 1. The Morgan fingerprint density at radius 3 is 2.56 bits per heavy atom. The molecule has 0 spiro atoms. The van der Waals surface area contributed by atoms with Crippen LogP contribution in [0.15, 0.2) is 22.7 Å². The molecule has 0 aliphatic carbocycles. The van der Waals surface area contributed by atoms with Crippen LogP contribution in [0.2, 0.25) is 0 Å². The third kappa shape index (κ3) is 5.27. The first kappa shape index (κ1) is 15.3. The summed E-state index contributed by atoms with van der Waals surface area (Å²) in [5.41, 5.74) is 6.97. The monoisotopic (exact) mass is 324 g/mol. The Balaban J connectivity index is 2.79. The fraction of sp³-hybridized carbons (Fsp3) is 0.500. The van der Waals surface area contributed by atoms with E-state index in [-0.39, 0.29) is 6.54 Å². The highest BCUT2D eigenvalue weighted by Crippen LogP contribution is 2.23. The summed E-state index contributed by atoms with van der Waals surface area (Å²) < 4.78 is 38.1. The average molecular weight is 325 g/mol. The number of rotatable bonds is 5. The number of nitrogens with zero attached hydrogens (tertiary/aromatic N) is 1. The van der Waals surface area contributed by atoms with Gasteiger partial charge in [0, 0.05) is 16.7 Å². The first-order chi connectivity index (χ1) is 8.31. The van der Waals surface area contributed by atoms with Gasteiger partial charge in [-0.05, 0) is 36.7 Å². The van der Waals surface area contributed by atoms with E-state index in [0.29, 0.717) is 18.7 Å². The summed E-state index contributed by atoms with van der Waals surface area (Å²) in [4.78, 5) is 1.37. The van der Waals surface area contributed by atoms with Crippen LogP contribution in [0.3, 0.4) is 0 Å². The fourth-order valence-corrected chi connectivity index (χ4v) is 2.11. The summed E-state index contributed by atoms with van der Waals surface area (Å²) in [6.07, 6.45) is -3.50. The second-order valence-corrected chi connectivity index (χ2v) is 5.03. The topological polar surface area (TPSA) is 29.3 Å². The van der Waals surface area contributed by atoms with Gasteiger partial charge in [0.1, 0.15) is 0 Å². The van der Waals surface area contributed by atoms with Crippen molar-refractivity contribution in [1.82, 2.24) is 4.90 Å². The zero-order valence-electron chi connectivity index (χ0n) is 10.1. The molecule has 0 saturated heterocycles. The van der Waals surface area contributed by atoms with Gasteiger partial charge >= 0.3 is 6.18 Å². The normalized spacial score (nSPS) is 12.1. The van der Waals surface area contributed by atoms with Gasteiger partial charge < -0.3 is 5.73 Å². The van der Waals surface area contributed by atoms with Crippen molar-refractivity contribution in [1.29, 1.82) is 0 Å². The number of nitrogens with two attached hydrogens (primary N) is 1. The molecule has 2 N–H and O–H groups in total. The van der Waals surface area contributed by atoms with E-state index in [2.05, 4.69) is 15.9 Å². The van der Waals surface area contributed by atoms with Crippen molar-refractivity contribution in [3.63, 3.8) is 0 Å². The SMILES string of the molecule is CCCN(Cc1cc(N)ccc1Br)CC(F)(F)F. The minimum Gasteiger partial charge on any atom is -0.399 e. The molecule has 2 nitrogen and oxygen atoms in total. The van der Waals surface area contributed by atoms with E-state index in [1.165, 1.54) is 4.90 Å². The molecule has 0 unspecified atom stereocenters. The maximum absolute atomic E-state index is 12.4. The van der Waals surface area contributed by atoms with E-state index in [0.717, 1.165) is 10.0 Å². The number of anilines is 1. The van der Waals surface area contributed by atoms with Crippen LogP contribution in [0.25, 0.3) is 0 Å². The van der Waals surface area contributed by atoms with Crippen LogP contribution < -0.4 is 5.73 Å². The van der Waals surface area contributed by atoms with Crippen LogP contribution in [0.5, 0.6) is 0 Å². The molecule has 0 fully saturated rings. The molecule has 0 bridgehead atoms. The lowest BCUT2D eigenvalue weighted by molar-refractivity contribution is -0.147. The summed E-state index contributed by atoms with van der Waals surface area (Å²) in [7, 11) is 0. The van der Waals surface area contributed by atoms with E-state index >= 15 is 0 Å². The first-order valence-electron chi connectivity index (χ1n) is 5.65. The summed E-state index contributed by atoms with van der Waals surface area (Å²) in [6.45, 7) is 1.60. The predicted molar refractivity (Wildman–Crippen MR) is 70.2 cm³/mol. The zero-order chi connectivity index (χ0) is 13.8. The van der Waals surface area contributed by atoms with Crippen LogP contribution >= 0.6 is 15.9 Å². The molecule has 102 valence electrons. The lowest BCUT2D eigenvalue weighted by Gasteiger charge is -2.23. The Bertz CT molecular complexity index is 393. The maximum Gasteiger partial charge on any atom is 0.401 e. The highest BCUT2D eigenvalue weighted by molar-refractivity contribution is 9.10. The minimum atomic E-state index is -4.18. The number of nitrogen functional groups attached to an aromatic ring is 1. The molecule has 0 aliphatic rings. The van der Waals surface area contributed by atoms with Gasteiger partial charge in [0.05, 0.1) is 6.54 Å². The minimum absolute atomic E-state index is 0.235. The van der Waals surface area contributed by atoms with Crippen LogP contribution in [0.1, 0.15) is 18.9 Å². The summed E-state index contributed by atoms with van der Waals surface area (Å²) in [5.74, 6) is 0. The van der Waals surface area contributed by atoms with Crippen molar-refractivity contribution < 1.29 is 13.2 Å². The Hall–Kier alpha value is -0.750. The molecule has 6 heteroatoms. The molecule has 0 atom stereocenters. The van der Waals surface area contributed by atoms with Crippen molar-refractivity contribution in [2.45, 2.75) is 26.1 Å². The number of halogens is 4. The number of hydrogen-bond donors (Lipinski definition) is 1. The second-order valence-electron chi connectivity index (χ2n) is 4.18. The van der Waals surface area contributed by atoms with Gasteiger partial charge in [-0.25, -0.2) is 0 Å². The van der Waals surface area contributed by atoms with E-state index in [1.807, 2.05) is 6.92 Å². The van der Waals surface area contributed by atoms with Crippen molar-refractivity contribution in [3.05, 3.63) is 28.2 Å². The fourth-order valence-electron chi connectivity index (χ4n) is 1.74.